The summed E-state index contributed by atoms with van der Waals surface area (Å²) in [7, 11) is 1.62. The van der Waals surface area contributed by atoms with Gasteiger partial charge in [-0.1, -0.05) is 48.5 Å². The standard InChI is InChI=1S/C26H26N4O5/c1-29-23(24(31)30-12-6-11-22(30)25(32)33)16(14-28-29)13-27-26(34)35-15-21-19-9-4-2-7-17(19)18-8-3-5-10-20(18)21/h2-5,7-10,14,21-22H,6,11-13,15H2,1H3,(H,27,34)(H,32,33)/t22-/m1/s1. The van der Waals surface area contributed by atoms with Crippen LogP contribution in [0.1, 0.15) is 45.9 Å². The number of aromatic nitrogens is 2. The summed E-state index contributed by atoms with van der Waals surface area (Å²) in [5.74, 6) is -1.47. The maximum atomic E-state index is 13.1. The molecule has 2 aromatic carbocycles. The van der Waals surface area contributed by atoms with Crippen LogP contribution < -0.4 is 5.32 Å². The fourth-order valence-corrected chi connectivity index (χ4v) is 5.11. The van der Waals surface area contributed by atoms with E-state index in [0.717, 1.165) is 22.3 Å². The molecule has 2 amide bonds. The van der Waals surface area contributed by atoms with Crippen LogP contribution in [0.4, 0.5) is 4.79 Å². The minimum absolute atomic E-state index is 0.0389. The molecular formula is C26H26N4O5. The number of aliphatic carboxylic acids is 1. The molecule has 0 bridgehead atoms. The SMILES string of the molecule is Cn1ncc(CNC(=O)OCC2c3ccccc3-c3ccccc32)c1C(=O)N1CCC[C@@H]1C(=O)O. The highest BCUT2D eigenvalue weighted by Gasteiger charge is 2.36. The summed E-state index contributed by atoms with van der Waals surface area (Å²) < 4.78 is 6.98. The lowest BCUT2D eigenvalue weighted by molar-refractivity contribution is -0.141. The van der Waals surface area contributed by atoms with Crippen LogP contribution in [0.3, 0.4) is 0 Å². The van der Waals surface area contributed by atoms with Crippen LogP contribution in [-0.4, -0.2) is 57.0 Å². The van der Waals surface area contributed by atoms with Crippen molar-refractivity contribution in [3.8, 4) is 11.1 Å². The highest BCUT2D eigenvalue weighted by atomic mass is 16.5. The number of aryl methyl sites for hydroxylation is 1. The summed E-state index contributed by atoms with van der Waals surface area (Å²) in [6.45, 7) is 0.601. The molecule has 0 radical (unpaired) electrons. The predicted octanol–water partition coefficient (Wildman–Crippen LogP) is 3.15. The van der Waals surface area contributed by atoms with E-state index in [0.29, 0.717) is 24.9 Å². The van der Waals surface area contributed by atoms with Gasteiger partial charge in [-0.25, -0.2) is 9.59 Å². The number of carboxylic acids is 1. The van der Waals surface area contributed by atoms with Gasteiger partial charge in [0.25, 0.3) is 5.91 Å². The average molecular weight is 475 g/mol. The van der Waals surface area contributed by atoms with Crippen molar-refractivity contribution in [2.24, 2.45) is 7.05 Å². The van der Waals surface area contributed by atoms with E-state index in [1.807, 2.05) is 24.3 Å². The topological polar surface area (TPSA) is 114 Å². The van der Waals surface area contributed by atoms with Gasteiger partial charge in [-0.2, -0.15) is 5.10 Å². The van der Waals surface area contributed by atoms with Crippen LogP contribution in [0.2, 0.25) is 0 Å². The summed E-state index contributed by atoms with van der Waals surface area (Å²) in [5.41, 5.74) is 5.31. The van der Waals surface area contributed by atoms with Crippen molar-refractivity contribution in [3.05, 3.63) is 77.1 Å². The Morgan fingerprint density at radius 1 is 1.09 bits per heavy atom. The molecule has 5 rings (SSSR count). The fraction of sp³-hybridized carbons (Fsp3) is 0.308. The molecule has 9 heteroatoms. The number of rotatable bonds is 6. The van der Waals surface area contributed by atoms with Crippen LogP contribution in [0.15, 0.2) is 54.7 Å². The summed E-state index contributed by atoms with van der Waals surface area (Å²) in [6.07, 6.45) is 1.96. The molecule has 0 unspecified atom stereocenters. The molecule has 1 aromatic heterocycles. The molecule has 1 aliphatic carbocycles. The summed E-state index contributed by atoms with van der Waals surface area (Å²) in [5, 5.41) is 16.3. The molecular weight excluding hydrogens is 448 g/mol. The summed E-state index contributed by atoms with van der Waals surface area (Å²) in [4.78, 5) is 38.5. The summed E-state index contributed by atoms with van der Waals surface area (Å²) >= 11 is 0. The van der Waals surface area contributed by atoms with E-state index in [2.05, 4.69) is 34.7 Å². The lowest BCUT2D eigenvalue weighted by Crippen LogP contribution is -2.41. The van der Waals surface area contributed by atoms with Gasteiger partial charge >= 0.3 is 12.1 Å². The minimum atomic E-state index is -1.02. The molecule has 1 aliphatic heterocycles. The quantitative estimate of drug-likeness (QED) is 0.567. The van der Waals surface area contributed by atoms with E-state index in [9.17, 15) is 19.5 Å². The Morgan fingerprint density at radius 3 is 2.40 bits per heavy atom. The van der Waals surface area contributed by atoms with Crippen LogP contribution in [0.25, 0.3) is 11.1 Å². The van der Waals surface area contributed by atoms with Crippen molar-refractivity contribution in [1.82, 2.24) is 20.0 Å². The van der Waals surface area contributed by atoms with Gasteiger partial charge in [0, 0.05) is 25.1 Å². The van der Waals surface area contributed by atoms with E-state index >= 15 is 0 Å². The Bertz CT molecular complexity index is 1250. The normalized spacial score (nSPS) is 16.6. The first-order chi connectivity index (χ1) is 17.0. The Balaban J connectivity index is 1.24. The van der Waals surface area contributed by atoms with Crippen molar-refractivity contribution in [1.29, 1.82) is 0 Å². The molecule has 9 nitrogen and oxygen atoms in total. The molecule has 2 N–H and O–H groups in total. The van der Waals surface area contributed by atoms with Gasteiger partial charge in [-0.3, -0.25) is 9.48 Å². The van der Waals surface area contributed by atoms with Gasteiger partial charge in [0.05, 0.1) is 12.7 Å². The smallest absolute Gasteiger partial charge is 0.407 e. The number of carbonyl (C=O) groups is 3. The number of amides is 2. The third-order valence-corrected chi connectivity index (χ3v) is 6.78. The first kappa shape index (κ1) is 22.6. The van der Waals surface area contributed by atoms with E-state index in [4.69, 9.17) is 4.74 Å². The van der Waals surface area contributed by atoms with Crippen molar-refractivity contribution in [2.75, 3.05) is 13.2 Å². The van der Waals surface area contributed by atoms with Crippen molar-refractivity contribution < 1.29 is 24.2 Å². The van der Waals surface area contributed by atoms with Gasteiger partial charge in [-0.15, -0.1) is 0 Å². The second-order valence-electron chi connectivity index (χ2n) is 8.82. The molecule has 0 spiro atoms. The molecule has 3 aromatic rings. The van der Waals surface area contributed by atoms with E-state index in [1.54, 1.807) is 7.05 Å². The second-order valence-corrected chi connectivity index (χ2v) is 8.82. The second kappa shape index (κ2) is 9.25. The number of nitrogens with one attached hydrogen (secondary N) is 1. The van der Waals surface area contributed by atoms with Crippen LogP contribution >= 0.6 is 0 Å². The number of likely N-dealkylation sites (tertiary alicyclic amines) is 1. The predicted molar refractivity (Wildman–Crippen MR) is 127 cm³/mol. The van der Waals surface area contributed by atoms with Gasteiger partial charge in [0.2, 0.25) is 0 Å². The Morgan fingerprint density at radius 2 is 1.74 bits per heavy atom. The van der Waals surface area contributed by atoms with Gasteiger partial charge < -0.3 is 20.1 Å². The number of ether oxygens (including phenoxy) is 1. The largest absolute Gasteiger partial charge is 0.480 e. The first-order valence-electron chi connectivity index (χ1n) is 11.6. The van der Waals surface area contributed by atoms with Crippen molar-refractivity contribution in [2.45, 2.75) is 31.3 Å². The highest BCUT2D eigenvalue weighted by Crippen LogP contribution is 2.44. The lowest BCUT2D eigenvalue weighted by atomic mass is 9.98. The maximum Gasteiger partial charge on any atom is 0.407 e. The monoisotopic (exact) mass is 474 g/mol. The third kappa shape index (κ3) is 4.14. The molecule has 1 fully saturated rings. The molecule has 0 saturated carbocycles. The number of hydrogen-bond acceptors (Lipinski definition) is 5. The van der Waals surface area contributed by atoms with E-state index in [-0.39, 0.29) is 24.8 Å². The lowest BCUT2D eigenvalue weighted by Gasteiger charge is -2.22. The number of carbonyl (C=O) groups excluding carboxylic acids is 2. The number of benzene rings is 2. The molecule has 2 aliphatic rings. The van der Waals surface area contributed by atoms with Gasteiger partial charge in [0.15, 0.2) is 0 Å². The van der Waals surface area contributed by atoms with Crippen LogP contribution in [0.5, 0.6) is 0 Å². The third-order valence-electron chi connectivity index (χ3n) is 6.78. The molecule has 1 atom stereocenters. The molecule has 35 heavy (non-hydrogen) atoms. The van der Waals surface area contributed by atoms with E-state index in [1.165, 1.54) is 15.8 Å². The van der Waals surface area contributed by atoms with Crippen LogP contribution in [0, 0.1) is 0 Å². The Kier molecular flexibility index (Phi) is 5.98. The number of carboxylic acid groups (broad SMARTS) is 1. The molecule has 180 valence electrons. The zero-order valence-corrected chi connectivity index (χ0v) is 19.3. The summed E-state index contributed by atoms with van der Waals surface area (Å²) in [6, 6.07) is 15.4. The Hall–Kier alpha value is -4.14. The number of alkyl carbamates (subject to hydrolysis) is 1. The zero-order valence-electron chi connectivity index (χ0n) is 19.3. The fourth-order valence-electron chi connectivity index (χ4n) is 5.11. The molecule has 1 saturated heterocycles. The maximum absolute atomic E-state index is 13.1. The van der Waals surface area contributed by atoms with Crippen molar-refractivity contribution in [3.63, 3.8) is 0 Å². The number of fused-ring (bicyclic) bond motifs is 3. The average Bonchev–Trinajstić information content (AvgIpc) is 3.57. The highest BCUT2D eigenvalue weighted by molar-refractivity contribution is 5.96. The minimum Gasteiger partial charge on any atom is -0.480 e. The van der Waals surface area contributed by atoms with Gasteiger partial charge in [-0.05, 0) is 35.1 Å². The number of nitrogens with zero attached hydrogens (tertiary/aromatic N) is 3. The van der Waals surface area contributed by atoms with Crippen molar-refractivity contribution >= 4 is 18.0 Å². The van der Waals surface area contributed by atoms with Gasteiger partial charge in [0.1, 0.15) is 18.3 Å². The van der Waals surface area contributed by atoms with Crippen LogP contribution in [-0.2, 0) is 23.1 Å². The Labute approximate surface area is 202 Å². The first-order valence-corrected chi connectivity index (χ1v) is 11.6. The molecule has 2 heterocycles. The van der Waals surface area contributed by atoms with E-state index < -0.39 is 24.0 Å². The number of hydrogen-bond donors (Lipinski definition) is 2. The zero-order chi connectivity index (χ0) is 24.5.